The molecule has 3 N–H and O–H groups in total. The van der Waals surface area contributed by atoms with Gasteiger partial charge in [0.15, 0.2) is 12.4 Å². The second-order valence-corrected chi connectivity index (χ2v) is 4.45. The maximum Gasteiger partial charge on any atom is 0.338 e. The Bertz CT molecular complexity index is 434. The Morgan fingerprint density at radius 3 is 2.42 bits per heavy atom. The topological polar surface area (TPSA) is 96.2 Å². The molecule has 0 unspecified atom stereocenters. The monoisotopic (exact) mass is 268 g/mol. The molecular weight excluding hydrogens is 252 g/mol. The van der Waals surface area contributed by atoms with Crippen molar-refractivity contribution in [2.75, 3.05) is 0 Å². The van der Waals surface area contributed by atoms with Gasteiger partial charge >= 0.3 is 5.97 Å². The Labute approximate surface area is 110 Å². The van der Waals surface area contributed by atoms with Crippen molar-refractivity contribution in [1.82, 2.24) is 0 Å². The molecule has 6 nitrogen and oxygen atoms in total. The Kier molecular flexibility index (Phi) is 4.16. The van der Waals surface area contributed by atoms with Crippen molar-refractivity contribution >= 4 is 5.97 Å². The van der Waals surface area contributed by atoms with Gasteiger partial charge < -0.3 is 24.8 Å². The van der Waals surface area contributed by atoms with Gasteiger partial charge in [-0.05, 0) is 19.1 Å². The first-order valence-electron chi connectivity index (χ1n) is 5.96. The number of esters is 1. The van der Waals surface area contributed by atoms with Crippen molar-refractivity contribution in [2.45, 2.75) is 37.6 Å². The summed E-state index contributed by atoms with van der Waals surface area (Å²) in [5.74, 6) is -0.622. The summed E-state index contributed by atoms with van der Waals surface area (Å²) in [5.41, 5.74) is 0.336. The standard InChI is InChI=1S/C13H16O6/c1-7-11(9(14)10(15)13(17)18-7)19-12(16)8-5-3-2-4-6-8/h2-7,9-11,13-15,17H,1H3/t7-,9-,10-,11-,13+/m1/s1. The highest BCUT2D eigenvalue weighted by Gasteiger charge is 2.44. The van der Waals surface area contributed by atoms with Crippen LogP contribution in [0.2, 0.25) is 0 Å². The Morgan fingerprint density at radius 2 is 1.79 bits per heavy atom. The fraction of sp³-hybridized carbons (Fsp3) is 0.462. The highest BCUT2D eigenvalue weighted by molar-refractivity contribution is 5.89. The second kappa shape index (κ2) is 5.66. The zero-order valence-corrected chi connectivity index (χ0v) is 10.3. The van der Waals surface area contributed by atoms with Gasteiger partial charge in [-0.1, -0.05) is 18.2 Å². The van der Waals surface area contributed by atoms with Crippen LogP contribution in [-0.4, -0.2) is 52.0 Å². The lowest BCUT2D eigenvalue weighted by molar-refractivity contribution is -0.277. The highest BCUT2D eigenvalue weighted by atomic mass is 16.7. The second-order valence-electron chi connectivity index (χ2n) is 4.45. The first-order chi connectivity index (χ1) is 9.00. The quantitative estimate of drug-likeness (QED) is 0.636. The minimum absolute atomic E-state index is 0.336. The van der Waals surface area contributed by atoms with Crippen LogP contribution in [-0.2, 0) is 9.47 Å². The molecule has 19 heavy (non-hydrogen) atoms. The van der Waals surface area contributed by atoms with Gasteiger partial charge in [0.1, 0.15) is 12.2 Å². The van der Waals surface area contributed by atoms with E-state index in [-0.39, 0.29) is 0 Å². The van der Waals surface area contributed by atoms with Crippen LogP contribution >= 0.6 is 0 Å². The van der Waals surface area contributed by atoms with Crippen molar-refractivity contribution in [1.29, 1.82) is 0 Å². The van der Waals surface area contributed by atoms with Crippen LogP contribution in [0.4, 0.5) is 0 Å². The van der Waals surface area contributed by atoms with Gasteiger partial charge in [-0.15, -0.1) is 0 Å². The molecule has 104 valence electrons. The van der Waals surface area contributed by atoms with Gasteiger partial charge in [0.25, 0.3) is 0 Å². The number of hydrogen-bond acceptors (Lipinski definition) is 6. The molecule has 0 amide bonds. The average Bonchev–Trinajstić information content (AvgIpc) is 2.42. The molecule has 1 heterocycles. The summed E-state index contributed by atoms with van der Waals surface area (Å²) in [6, 6.07) is 8.29. The average molecular weight is 268 g/mol. The minimum Gasteiger partial charge on any atom is -0.453 e. The molecule has 0 spiro atoms. The Morgan fingerprint density at radius 1 is 1.16 bits per heavy atom. The molecule has 0 bridgehead atoms. The minimum atomic E-state index is -1.51. The maximum atomic E-state index is 11.9. The highest BCUT2D eigenvalue weighted by Crippen LogP contribution is 2.23. The number of rotatable bonds is 2. The van der Waals surface area contributed by atoms with Gasteiger partial charge in [0.05, 0.1) is 11.7 Å². The molecule has 1 aromatic carbocycles. The summed E-state index contributed by atoms with van der Waals surface area (Å²) in [6.07, 6.45) is -6.15. The molecular formula is C13H16O6. The molecule has 0 aliphatic carbocycles. The van der Waals surface area contributed by atoms with E-state index in [0.717, 1.165) is 0 Å². The van der Waals surface area contributed by atoms with Crippen LogP contribution in [0.1, 0.15) is 17.3 Å². The van der Waals surface area contributed by atoms with E-state index in [0.29, 0.717) is 5.56 Å². The fourth-order valence-corrected chi connectivity index (χ4v) is 1.95. The third kappa shape index (κ3) is 2.93. The number of hydrogen-bond donors (Lipinski definition) is 3. The summed E-state index contributed by atoms with van der Waals surface area (Å²) in [5, 5.41) is 28.6. The summed E-state index contributed by atoms with van der Waals surface area (Å²) in [7, 11) is 0. The lowest BCUT2D eigenvalue weighted by Gasteiger charge is -2.38. The van der Waals surface area contributed by atoms with Crippen LogP contribution in [0.3, 0.4) is 0 Å². The van der Waals surface area contributed by atoms with E-state index in [1.807, 2.05) is 0 Å². The number of aliphatic hydroxyl groups is 3. The number of ether oxygens (including phenoxy) is 2. The first-order valence-corrected chi connectivity index (χ1v) is 5.96. The smallest absolute Gasteiger partial charge is 0.338 e. The predicted octanol–water partition coefficient (Wildman–Crippen LogP) is -0.329. The molecule has 0 aromatic heterocycles. The van der Waals surface area contributed by atoms with E-state index in [4.69, 9.17) is 9.47 Å². The fourth-order valence-electron chi connectivity index (χ4n) is 1.95. The van der Waals surface area contributed by atoms with Crippen molar-refractivity contribution in [2.24, 2.45) is 0 Å². The van der Waals surface area contributed by atoms with Gasteiger partial charge in [-0.2, -0.15) is 0 Å². The normalized spacial score (nSPS) is 34.8. The van der Waals surface area contributed by atoms with E-state index in [9.17, 15) is 20.1 Å². The summed E-state index contributed by atoms with van der Waals surface area (Å²) < 4.78 is 10.1. The van der Waals surface area contributed by atoms with Crippen molar-refractivity contribution in [3.63, 3.8) is 0 Å². The van der Waals surface area contributed by atoms with Gasteiger partial charge in [-0.25, -0.2) is 4.79 Å². The van der Waals surface area contributed by atoms with Gasteiger partial charge in [0.2, 0.25) is 0 Å². The molecule has 0 radical (unpaired) electrons. The molecule has 5 atom stereocenters. The Balaban J connectivity index is 2.08. The van der Waals surface area contributed by atoms with E-state index in [2.05, 4.69) is 0 Å². The number of carbonyl (C=O) groups is 1. The lowest BCUT2D eigenvalue weighted by Crippen LogP contribution is -2.57. The van der Waals surface area contributed by atoms with E-state index in [1.165, 1.54) is 0 Å². The third-order valence-corrected chi connectivity index (χ3v) is 3.05. The van der Waals surface area contributed by atoms with Crippen LogP contribution < -0.4 is 0 Å². The SMILES string of the molecule is C[C@H]1O[C@H](O)[C@H](O)[C@@H](O)[C@@H]1OC(=O)c1ccccc1. The molecule has 1 fully saturated rings. The zero-order valence-electron chi connectivity index (χ0n) is 10.3. The summed E-state index contributed by atoms with van der Waals surface area (Å²) >= 11 is 0. The summed E-state index contributed by atoms with van der Waals surface area (Å²) in [6.45, 7) is 1.54. The molecule has 6 heteroatoms. The first kappa shape index (κ1) is 14.0. The van der Waals surface area contributed by atoms with Crippen LogP contribution in [0.5, 0.6) is 0 Å². The predicted molar refractivity (Wildman–Crippen MR) is 64.2 cm³/mol. The van der Waals surface area contributed by atoms with Crippen LogP contribution in [0.25, 0.3) is 0 Å². The Hall–Kier alpha value is -1.47. The molecule has 0 saturated carbocycles. The number of benzene rings is 1. The third-order valence-electron chi connectivity index (χ3n) is 3.05. The van der Waals surface area contributed by atoms with Crippen molar-refractivity contribution in [3.05, 3.63) is 35.9 Å². The van der Waals surface area contributed by atoms with Crippen LogP contribution in [0, 0.1) is 0 Å². The number of aliphatic hydroxyl groups excluding tert-OH is 3. The van der Waals surface area contributed by atoms with Crippen molar-refractivity contribution in [3.8, 4) is 0 Å². The van der Waals surface area contributed by atoms with E-state index >= 15 is 0 Å². The maximum absolute atomic E-state index is 11.9. The summed E-state index contributed by atoms with van der Waals surface area (Å²) in [4.78, 5) is 11.9. The molecule has 1 aliphatic rings. The van der Waals surface area contributed by atoms with Gasteiger partial charge in [-0.3, -0.25) is 0 Å². The lowest BCUT2D eigenvalue weighted by atomic mass is 10.00. The largest absolute Gasteiger partial charge is 0.453 e. The van der Waals surface area contributed by atoms with E-state index < -0.39 is 36.7 Å². The molecule has 2 rings (SSSR count). The number of carbonyl (C=O) groups excluding carboxylic acids is 1. The van der Waals surface area contributed by atoms with Crippen molar-refractivity contribution < 1.29 is 29.6 Å². The van der Waals surface area contributed by atoms with E-state index in [1.54, 1.807) is 37.3 Å². The van der Waals surface area contributed by atoms with Crippen LogP contribution in [0.15, 0.2) is 30.3 Å². The molecule has 1 saturated heterocycles. The van der Waals surface area contributed by atoms with Gasteiger partial charge in [0, 0.05) is 0 Å². The molecule has 1 aromatic rings. The molecule has 1 aliphatic heterocycles. The zero-order chi connectivity index (χ0) is 14.0.